The Morgan fingerprint density at radius 3 is 2.09 bits per heavy atom. The maximum Gasteiger partial charge on any atom is 0.267 e. The molecule has 32 heavy (non-hydrogen) atoms. The summed E-state index contributed by atoms with van der Waals surface area (Å²) in [5, 5.41) is 11.0. The number of hydrogen-bond acceptors (Lipinski definition) is 8. The number of methoxy groups -OCH3 is 1. The summed E-state index contributed by atoms with van der Waals surface area (Å²) in [6.45, 7) is 0.632. The van der Waals surface area contributed by atoms with E-state index in [1.165, 1.54) is 7.11 Å². The Morgan fingerprint density at radius 2 is 1.53 bits per heavy atom. The molecule has 0 amide bonds. The molecule has 1 aliphatic rings. The number of aliphatic hydroxyl groups excluding tert-OH is 1. The molecule has 0 radical (unpaired) electrons. The molecule has 176 valence electrons. The van der Waals surface area contributed by atoms with Crippen molar-refractivity contribution < 1.29 is 36.7 Å². The number of benzene rings is 2. The van der Waals surface area contributed by atoms with Crippen LogP contribution >= 0.6 is 0 Å². The molecule has 0 saturated carbocycles. The molecule has 8 nitrogen and oxygen atoms in total. The monoisotopic (exact) mass is 466 g/mol. The standard InChI is InChI=1S/C23H30O8S/c1-27-23-19(16-32(25,26)28-2)22(30-14-18-11-7-4-8-12-18)21(24)20(31-23)15-29-13-17-9-5-3-6-10-17/h3-12,19-24H,13-16H2,1-2H3/t19-,20-,21-,22-,23+/m1/s1. The minimum atomic E-state index is -3.85. The second-order valence-electron chi connectivity index (χ2n) is 7.59. The summed E-state index contributed by atoms with van der Waals surface area (Å²) in [6.07, 6.45) is -3.68. The summed E-state index contributed by atoms with van der Waals surface area (Å²) in [7, 11) is -1.34. The molecule has 1 aliphatic heterocycles. The van der Waals surface area contributed by atoms with Gasteiger partial charge in [-0.05, 0) is 11.1 Å². The van der Waals surface area contributed by atoms with E-state index in [9.17, 15) is 13.5 Å². The number of ether oxygens (including phenoxy) is 4. The van der Waals surface area contributed by atoms with E-state index in [1.54, 1.807) is 0 Å². The van der Waals surface area contributed by atoms with Crippen molar-refractivity contribution in [1.82, 2.24) is 0 Å². The van der Waals surface area contributed by atoms with Gasteiger partial charge in [0.05, 0.1) is 44.7 Å². The van der Waals surface area contributed by atoms with Gasteiger partial charge in [0.25, 0.3) is 10.1 Å². The summed E-state index contributed by atoms with van der Waals surface area (Å²) < 4.78 is 52.0. The molecule has 2 aromatic rings. The first-order valence-electron chi connectivity index (χ1n) is 10.4. The lowest BCUT2D eigenvalue weighted by atomic mass is 9.92. The molecule has 9 heteroatoms. The minimum Gasteiger partial charge on any atom is -0.388 e. The number of aliphatic hydroxyl groups is 1. The zero-order chi connectivity index (χ0) is 23.0. The van der Waals surface area contributed by atoms with Crippen LogP contribution in [0.15, 0.2) is 60.7 Å². The lowest BCUT2D eigenvalue weighted by Crippen LogP contribution is -2.58. The van der Waals surface area contributed by atoms with E-state index in [0.29, 0.717) is 6.61 Å². The van der Waals surface area contributed by atoms with Crippen molar-refractivity contribution in [2.24, 2.45) is 5.92 Å². The lowest BCUT2D eigenvalue weighted by molar-refractivity contribution is -0.286. The third-order valence-electron chi connectivity index (χ3n) is 5.36. The van der Waals surface area contributed by atoms with Gasteiger partial charge in [-0.15, -0.1) is 0 Å². The Kier molecular flexibility index (Phi) is 9.18. The van der Waals surface area contributed by atoms with Crippen molar-refractivity contribution >= 4 is 10.1 Å². The van der Waals surface area contributed by atoms with E-state index in [-0.39, 0.29) is 13.2 Å². The van der Waals surface area contributed by atoms with Gasteiger partial charge in [-0.2, -0.15) is 8.42 Å². The molecular formula is C23H30O8S. The molecule has 3 rings (SSSR count). The van der Waals surface area contributed by atoms with E-state index >= 15 is 0 Å². The second kappa shape index (κ2) is 11.9. The van der Waals surface area contributed by atoms with Crippen LogP contribution in [-0.4, -0.2) is 64.7 Å². The maximum absolute atomic E-state index is 12.2. The Labute approximate surface area is 189 Å². The van der Waals surface area contributed by atoms with Gasteiger partial charge in [-0.25, -0.2) is 0 Å². The van der Waals surface area contributed by atoms with Crippen LogP contribution in [0, 0.1) is 5.92 Å². The van der Waals surface area contributed by atoms with Gasteiger partial charge in [-0.1, -0.05) is 60.7 Å². The van der Waals surface area contributed by atoms with E-state index in [0.717, 1.165) is 18.2 Å². The zero-order valence-corrected chi connectivity index (χ0v) is 19.0. The summed E-state index contributed by atoms with van der Waals surface area (Å²) in [4.78, 5) is 0. The second-order valence-corrected chi connectivity index (χ2v) is 9.37. The van der Waals surface area contributed by atoms with Crippen molar-refractivity contribution in [2.45, 2.75) is 37.8 Å². The van der Waals surface area contributed by atoms with Crippen LogP contribution in [0.1, 0.15) is 11.1 Å². The summed E-state index contributed by atoms with van der Waals surface area (Å²) in [5.41, 5.74) is 1.88. The van der Waals surface area contributed by atoms with E-state index in [1.807, 2.05) is 60.7 Å². The van der Waals surface area contributed by atoms with E-state index in [2.05, 4.69) is 4.18 Å². The topological polar surface area (TPSA) is 101 Å². The van der Waals surface area contributed by atoms with Gasteiger partial charge < -0.3 is 24.1 Å². The molecular weight excluding hydrogens is 436 g/mol. The van der Waals surface area contributed by atoms with E-state index < -0.39 is 46.4 Å². The highest BCUT2D eigenvalue weighted by atomic mass is 32.2. The van der Waals surface area contributed by atoms with Gasteiger partial charge in [-0.3, -0.25) is 4.18 Å². The molecule has 0 unspecified atom stereocenters. The molecule has 0 spiro atoms. The average molecular weight is 467 g/mol. The highest BCUT2D eigenvalue weighted by molar-refractivity contribution is 7.86. The van der Waals surface area contributed by atoms with Crippen molar-refractivity contribution in [1.29, 1.82) is 0 Å². The van der Waals surface area contributed by atoms with Crippen LogP contribution in [0.25, 0.3) is 0 Å². The van der Waals surface area contributed by atoms with Crippen molar-refractivity contribution in [3.63, 3.8) is 0 Å². The zero-order valence-electron chi connectivity index (χ0n) is 18.2. The van der Waals surface area contributed by atoms with Crippen molar-refractivity contribution in [3.05, 3.63) is 71.8 Å². The van der Waals surface area contributed by atoms with Gasteiger partial charge in [0.15, 0.2) is 6.29 Å². The van der Waals surface area contributed by atoms with Crippen LogP contribution < -0.4 is 0 Å². The molecule has 1 saturated heterocycles. The van der Waals surface area contributed by atoms with Gasteiger partial charge in [0.2, 0.25) is 0 Å². The highest BCUT2D eigenvalue weighted by Crippen LogP contribution is 2.31. The molecule has 1 N–H and O–H groups in total. The van der Waals surface area contributed by atoms with Crippen molar-refractivity contribution in [2.75, 3.05) is 26.6 Å². The first-order chi connectivity index (χ1) is 15.4. The summed E-state index contributed by atoms with van der Waals surface area (Å²) in [5.74, 6) is -1.22. The number of hydrogen-bond donors (Lipinski definition) is 1. The molecule has 0 bridgehead atoms. The van der Waals surface area contributed by atoms with Crippen LogP contribution in [0.4, 0.5) is 0 Å². The molecule has 5 atom stereocenters. The quantitative estimate of drug-likeness (QED) is 0.503. The molecule has 1 fully saturated rings. The number of rotatable bonds is 11. The van der Waals surface area contributed by atoms with Crippen LogP contribution in [0.3, 0.4) is 0 Å². The summed E-state index contributed by atoms with van der Waals surface area (Å²) in [6, 6.07) is 19.1. The Hall–Kier alpha value is -1.85. The van der Waals surface area contributed by atoms with Crippen molar-refractivity contribution in [3.8, 4) is 0 Å². The van der Waals surface area contributed by atoms with E-state index in [4.69, 9.17) is 18.9 Å². The smallest absolute Gasteiger partial charge is 0.267 e. The summed E-state index contributed by atoms with van der Waals surface area (Å²) >= 11 is 0. The lowest BCUT2D eigenvalue weighted by Gasteiger charge is -2.43. The highest BCUT2D eigenvalue weighted by Gasteiger charge is 2.48. The van der Waals surface area contributed by atoms with Crippen LogP contribution in [-0.2, 0) is 46.5 Å². The first kappa shape index (κ1) is 24.8. The third kappa shape index (κ3) is 6.82. The predicted molar refractivity (Wildman–Crippen MR) is 117 cm³/mol. The molecule has 2 aromatic carbocycles. The Bertz CT molecular complexity index is 906. The largest absolute Gasteiger partial charge is 0.388 e. The molecule has 0 aliphatic carbocycles. The SMILES string of the molecule is CO[C@H]1O[C@H](COCc2ccccc2)[C@@H](O)[C@H](OCc2ccccc2)[C@H]1CS(=O)(=O)OC. The van der Waals surface area contributed by atoms with Crippen LogP contribution in [0.5, 0.6) is 0 Å². The average Bonchev–Trinajstić information content (AvgIpc) is 2.81. The normalized spacial score (nSPS) is 26.2. The fraction of sp³-hybridized carbons (Fsp3) is 0.478. The van der Waals surface area contributed by atoms with Crippen LogP contribution in [0.2, 0.25) is 0 Å². The minimum absolute atomic E-state index is 0.0882. The fourth-order valence-electron chi connectivity index (χ4n) is 3.67. The molecule has 1 heterocycles. The predicted octanol–water partition coefficient (Wildman–Crippen LogP) is 2.11. The fourth-order valence-corrected chi connectivity index (χ4v) is 4.63. The Morgan fingerprint density at radius 1 is 0.938 bits per heavy atom. The van der Waals surface area contributed by atoms with Gasteiger partial charge in [0, 0.05) is 7.11 Å². The third-order valence-corrected chi connectivity index (χ3v) is 6.66. The first-order valence-corrected chi connectivity index (χ1v) is 11.9. The molecule has 0 aromatic heterocycles. The maximum atomic E-state index is 12.2. The Balaban J connectivity index is 1.73. The van der Waals surface area contributed by atoms with Gasteiger partial charge >= 0.3 is 0 Å². The van der Waals surface area contributed by atoms with Gasteiger partial charge in [0.1, 0.15) is 12.2 Å².